The highest BCUT2D eigenvalue weighted by molar-refractivity contribution is 9.10. The third kappa shape index (κ3) is 7.78. The molecule has 2 N–H and O–H groups in total. The van der Waals surface area contributed by atoms with Gasteiger partial charge in [0.05, 0.1) is 0 Å². The second kappa shape index (κ2) is 9.36. The van der Waals surface area contributed by atoms with Gasteiger partial charge in [-0.15, -0.1) is 0 Å². The number of carbonyl (C=O) groups is 2. The largest absolute Gasteiger partial charge is 0.484 e. The Morgan fingerprint density at radius 3 is 2.50 bits per heavy atom. The highest BCUT2D eigenvalue weighted by Crippen LogP contribution is 2.15. The molecule has 6 heteroatoms. The first-order chi connectivity index (χ1) is 9.58. The molecule has 0 aromatic heterocycles. The Labute approximate surface area is 126 Å². The van der Waals surface area contributed by atoms with Crippen LogP contribution in [0.1, 0.15) is 25.7 Å². The molecule has 110 valence electrons. The number of ether oxygens (including phenoxy) is 1. The molecule has 0 aliphatic carbocycles. The smallest absolute Gasteiger partial charge is 0.303 e. The molecule has 0 fully saturated rings. The fourth-order valence-corrected chi connectivity index (χ4v) is 1.80. The molecule has 1 aromatic carbocycles. The number of unbranched alkanes of at least 4 members (excludes halogenated alkanes) is 2. The summed E-state index contributed by atoms with van der Waals surface area (Å²) in [6.07, 6.45) is 2.39. The van der Waals surface area contributed by atoms with E-state index in [-0.39, 0.29) is 18.9 Å². The number of aliphatic carboxylic acids is 1. The highest BCUT2D eigenvalue weighted by atomic mass is 79.9. The van der Waals surface area contributed by atoms with Gasteiger partial charge in [0.25, 0.3) is 5.91 Å². The summed E-state index contributed by atoms with van der Waals surface area (Å²) in [5.41, 5.74) is 0. The summed E-state index contributed by atoms with van der Waals surface area (Å²) in [5.74, 6) is -0.312. The van der Waals surface area contributed by atoms with Gasteiger partial charge in [-0.2, -0.15) is 0 Å². The van der Waals surface area contributed by atoms with Crippen LogP contribution in [0, 0.1) is 0 Å². The van der Waals surface area contributed by atoms with Crippen LogP contribution in [0.2, 0.25) is 0 Å². The van der Waals surface area contributed by atoms with Gasteiger partial charge in [-0.05, 0) is 37.1 Å². The molecule has 0 radical (unpaired) electrons. The van der Waals surface area contributed by atoms with E-state index < -0.39 is 5.97 Å². The minimum absolute atomic E-state index is 0.0171. The van der Waals surface area contributed by atoms with Gasteiger partial charge in [0.15, 0.2) is 6.61 Å². The van der Waals surface area contributed by atoms with Gasteiger partial charge in [-0.3, -0.25) is 9.59 Å². The number of halogens is 1. The molecular formula is C14H18BrNO4. The first-order valence-electron chi connectivity index (χ1n) is 6.45. The molecule has 0 atom stereocenters. The van der Waals surface area contributed by atoms with Crippen LogP contribution in [0.3, 0.4) is 0 Å². The van der Waals surface area contributed by atoms with Crippen LogP contribution in [0.15, 0.2) is 28.7 Å². The molecule has 0 aliphatic heterocycles. The quantitative estimate of drug-likeness (QED) is 0.675. The molecule has 0 saturated carbocycles. The molecule has 0 unspecified atom stereocenters. The minimum Gasteiger partial charge on any atom is -0.484 e. The fourth-order valence-electron chi connectivity index (χ4n) is 1.54. The van der Waals surface area contributed by atoms with Gasteiger partial charge < -0.3 is 15.2 Å². The summed E-state index contributed by atoms with van der Waals surface area (Å²) in [6, 6.07) is 7.25. The lowest BCUT2D eigenvalue weighted by molar-refractivity contribution is -0.137. The summed E-state index contributed by atoms with van der Waals surface area (Å²) in [6.45, 7) is 0.527. The van der Waals surface area contributed by atoms with E-state index in [1.165, 1.54) is 0 Å². The van der Waals surface area contributed by atoms with Crippen molar-refractivity contribution in [3.8, 4) is 5.75 Å². The zero-order valence-electron chi connectivity index (χ0n) is 11.1. The van der Waals surface area contributed by atoms with Gasteiger partial charge in [0.2, 0.25) is 0 Å². The summed E-state index contributed by atoms with van der Waals surface area (Å²) in [4.78, 5) is 21.8. The Balaban J connectivity index is 2.06. The molecule has 20 heavy (non-hydrogen) atoms. The van der Waals surface area contributed by atoms with Crippen molar-refractivity contribution in [3.63, 3.8) is 0 Å². The predicted octanol–water partition coefficient (Wildman–Crippen LogP) is 2.59. The molecule has 5 nitrogen and oxygen atoms in total. The normalized spacial score (nSPS) is 10.1. The number of hydrogen-bond acceptors (Lipinski definition) is 3. The van der Waals surface area contributed by atoms with E-state index >= 15 is 0 Å². The van der Waals surface area contributed by atoms with E-state index in [1.807, 2.05) is 12.1 Å². The maximum Gasteiger partial charge on any atom is 0.303 e. The Morgan fingerprint density at radius 2 is 1.85 bits per heavy atom. The van der Waals surface area contributed by atoms with Gasteiger partial charge >= 0.3 is 5.97 Å². The van der Waals surface area contributed by atoms with Crippen molar-refractivity contribution in [2.45, 2.75) is 25.7 Å². The average Bonchev–Trinajstić information content (AvgIpc) is 2.41. The van der Waals surface area contributed by atoms with Crippen molar-refractivity contribution in [1.29, 1.82) is 0 Å². The van der Waals surface area contributed by atoms with Crippen LogP contribution >= 0.6 is 15.9 Å². The molecule has 0 saturated heterocycles. The van der Waals surface area contributed by atoms with Gasteiger partial charge in [-0.1, -0.05) is 22.4 Å². The number of carbonyl (C=O) groups excluding carboxylic acids is 1. The predicted molar refractivity (Wildman–Crippen MR) is 78.8 cm³/mol. The second-order valence-electron chi connectivity index (χ2n) is 4.30. The Hall–Kier alpha value is -1.56. The Bertz CT molecular complexity index is 433. The number of rotatable bonds is 9. The number of hydrogen-bond donors (Lipinski definition) is 2. The lowest BCUT2D eigenvalue weighted by atomic mass is 10.2. The number of nitrogens with one attached hydrogen (secondary N) is 1. The summed E-state index contributed by atoms with van der Waals surface area (Å²) in [5, 5.41) is 11.2. The SMILES string of the molecule is O=C(O)CCCCCNC(=O)COc1ccc(Br)cc1. The van der Waals surface area contributed by atoms with E-state index in [9.17, 15) is 9.59 Å². The van der Waals surface area contributed by atoms with Crippen LogP contribution in [-0.2, 0) is 9.59 Å². The number of benzene rings is 1. The van der Waals surface area contributed by atoms with E-state index in [1.54, 1.807) is 12.1 Å². The zero-order valence-corrected chi connectivity index (χ0v) is 12.7. The standard InChI is InChI=1S/C14H18BrNO4/c15-11-5-7-12(8-6-11)20-10-13(17)16-9-3-1-2-4-14(18)19/h5-8H,1-4,9-10H2,(H,16,17)(H,18,19). The van der Waals surface area contributed by atoms with Crippen LogP contribution in [0.25, 0.3) is 0 Å². The molecule has 0 heterocycles. The Morgan fingerprint density at radius 1 is 1.15 bits per heavy atom. The van der Waals surface area contributed by atoms with Crippen molar-refractivity contribution in [1.82, 2.24) is 5.32 Å². The maximum atomic E-state index is 11.5. The summed E-state index contributed by atoms with van der Waals surface area (Å²) < 4.78 is 6.28. The number of amides is 1. The highest BCUT2D eigenvalue weighted by Gasteiger charge is 2.02. The van der Waals surface area contributed by atoms with Crippen LogP contribution in [-0.4, -0.2) is 30.1 Å². The van der Waals surface area contributed by atoms with Gasteiger partial charge in [-0.25, -0.2) is 0 Å². The van der Waals surface area contributed by atoms with Gasteiger partial charge in [0.1, 0.15) is 5.75 Å². The van der Waals surface area contributed by atoms with Crippen molar-refractivity contribution in [2.24, 2.45) is 0 Å². The molecule has 1 aromatic rings. The molecule has 1 rings (SSSR count). The van der Waals surface area contributed by atoms with Crippen molar-refractivity contribution < 1.29 is 19.4 Å². The lowest BCUT2D eigenvalue weighted by Crippen LogP contribution is -2.29. The van der Waals surface area contributed by atoms with Crippen LogP contribution in [0.4, 0.5) is 0 Å². The second-order valence-corrected chi connectivity index (χ2v) is 5.21. The average molecular weight is 344 g/mol. The number of carboxylic acids is 1. The Kier molecular flexibility index (Phi) is 7.72. The van der Waals surface area contributed by atoms with Crippen molar-refractivity contribution in [2.75, 3.05) is 13.2 Å². The minimum atomic E-state index is -0.781. The first-order valence-corrected chi connectivity index (χ1v) is 7.24. The van der Waals surface area contributed by atoms with Crippen molar-refractivity contribution in [3.05, 3.63) is 28.7 Å². The van der Waals surface area contributed by atoms with Gasteiger partial charge in [0, 0.05) is 17.4 Å². The third-order valence-corrected chi connectivity index (χ3v) is 3.10. The van der Waals surface area contributed by atoms with E-state index in [4.69, 9.17) is 9.84 Å². The lowest BCUT2D eigenvalue weighted by Gasteiger charge is -2.07. The first kappa shape index (κ1) is 16.5. The van der Waals surface area contributed by atoms with Crippen LogP contribution < -0.4 is 10.1 Å². The maximum absolute atomic E-state index is 11.5. The third-order valence-electron chi connectivity index (χ3n) is 2.57. The van der Waals surface area contributed by atoms with Crippen LogP contribution in [0.5, 0.6) is 5.75 Å². The summed E-state index contributed by atoms with van der Waals surface area (Å²) >= 11 is 3.32. The van der Waals surface area contributed by atoms with E-state index in [0.29, 0.717) is 18.7 Å². The molecule has 1 amide bonds. The topological polar surface area (TPSA) is 75.6 Å². The summed E-state index contributed by atoms with van der Waals surface area (Å²) in [7, 11) is 0. The fraction of sp³-hybridized carbons (Fsp3) is 0.429. The zero-order chi connectivity index (χ0) is 14.8. The monoisotopic (exact) mass is 343 g/mol. The molecule has 0 bridgehead atoms. The molecule has 0 spiro atoms. The molecular weight excluding hydrogens is 326 g/mol. The molecule has 0 aliphatic rings. The van der Waals surface area contributed by atoms with Crippen molar-refractivity contribution >= 4 is 27.8 Å². The van der Waals surface area contributed by atoms with E-state index in [2.05, 4.69) is 21.2 Å². The van der Waals surface area contributed by atoms with E-state index in [0.717, 1.165) is 17.3 Å². The number of carboxylic acid groups (broad SMARTS) is 1.